The molecule has 2 rings (SSSR count). The fourth-order valence-electron chi connectivity index (χ4n) is 2.42. The molecule has 2 fully saturated rings. The maximum Gasteiger partial charge on any atom is 0.351 e. The number of carbonyl (C=O) groups excluding carboxylic acids is 4. The Bertz CT molecular complexity index is 443. The predicted octanol–water partition coefficient (Wildman–Crippen LogP) is -0.915. The summed E-state index contributed by atoms with van der Waals surface area (Å²) in [4.78, 5) is 59.3. The highest BCUT2D eigenvalue weighted by Crippen LogP contribution is 2.31. The monoisotopic (exact) mass is 268 g/mol. The molecular weight excluding hydrogens is 256 g/mol. The lowest BCUT2D eigenvalue weighted by Crippen LogP contribution is -2.66. The molecule has 8 nitrogen and oxygen atoms in total. The SMILES string of the molecule is CC(C(=O)O)(N1C(=O)CCC1=O)N1C(=O)CCC1=O. The molecule has 2 aliphatic heterocycles. The van der Waals surface area contributed by atoms with E-state index in [0.29, 0.717) is 9.80 Å². The number of likely N-dealkylation sites (tertiary alicyclic amines) is 2. The zero-order valence-corrected chi connectivity index (χ0v) is 10.2. The Hall–Kier alpha value is -2.25. The average molecular weight is 268 g/mol. The van der Waals surface area contributed by atoms with Crippen molar-refractivity contribution in [1.29, 1.82) is 0 Å². The highest BCUT2D eigenvalue weighted by atomic mass is 16.4. The fourth-order valence-corrected chi connectivity index (χ4v) is 2.42. The molecule has 0 aromatic carbocycles. The molecule has 2 heterocycles. The minimum absolute atomic E-state index is 0.113. The van der Waals surface area contributed by atoms with Crippen LogP contribution in [0.1, 0.15) is 32.6 Å². The summed E-state index contributed by atoms with van der Waals surface area (Å²) in [6.07, 6.45) is -0.453. The van der Waals surface area contributed by atoms with E-state index in [9.17, 15) is 29.1 Å². The van der Waals surface area contributed by atoms with Crippen molar-refractivity contribution in [2.24, 2.45) is 0 Å². The molecule has 0 aromatic heterocycles. The van der Waals surface area contributed by atoms with E-state index in [2.05, 4.69) is 0 Å². The van der Waals surface area contributed by atoms with Crippen LogP contribution in [0.5, 0.6) is 0 Å². The summed E-state index contributed by atoms with van der Waals surface area (Å²) in [6, 6.07) is 0. The maximum atomic E-state index is 11.7. The first kappa shape index (κ1) is 13.2. The first-order valence-corrected chi connectivity index (χ1v) is 5.75. The van der Waals surface area contributed by atoms with Gasteiger partial charge >= 0.3 is 5.97 Å². The quantitative estimate of drug-likeness (QED) is 0.663. The number of hydrogen-bond acceptors (Lipinski definition) is 5. The number of imide groups is 2. The number of rotatable bonds is 3. The Morgan fingerprint density at radius 3 is 1.37 bits per heavy atom. The number of carbonyl (C=O) groups is 5. The first-order valence-electron chi connectivity index (χ1n) is 5.75. The predicted molar refractivity (Wildman–Crippen MR) is 58.2 cm³/mol. The second-order valence-electron chi connectivity index (χ2n) is 4.57. The summed E-state index contributed by atoms with van der Waals surface area (Å²) in [5.74, 6) is -4.35. The highest BCUT2D eigenvalue weighted by Gasteiger charge is 2.57. The van der Waals surface area contributed by atoms with Gasteiger partial charge in [0.15, 0.2) is 0 Å². The van der Waals surface area contributed by atoms with E-state index in [-0.39, 0.29) is 25.7 Å². The van der Waals surface area contributed by atoms with Gasteiger partial charge in [0, 0.05) is 25.7 Å². The van der Waals surface area contributed by atoms with Crippen molar-refractivity contribution in [3.05, 3.63) is 0 Å². The first-order chi connectivity index (χ1) is 8.80. The molecular formula is C11H12N2O6. The van der Waals surface area contributed by atoms with E-state index in [1.165, 1.54) is 0 Å². The van der Waals surface area contributed by atoms with Gasteiger partial charge < -0.3 is 5.11 Å². The summed E-state index contributed by atoms with van der Waals surface area (Å²) in [6.45, 7) is 1.03. The Labute approximate surface area is 107 Å². The van der Waals surface area contributed by atoms with Crippen LogP contribution in [0.15, 0.2) is 0 Å². The van der Waals surface area contributed by atoms with Crippen molar-refractivity contribution in [3.8, 4) is 0 Å². The van der Waals surface area contributed by atoms with Crippen molar-refractivity contribution < 1.29 is 29.1 Å². The maximum absolute atomic E-state index is 11.7. The van der Waals surface area contributed by atoms with Gasteiger partial charge in [-0.05, 0) is 6.92 Å². The van der Waals surface area contributed by atoms with Crippen LogP contribution in [-0.2, 0) is 24.0 Å². The minimum atomic E-state index is -2.27. The van der Waals surface area contributed by atoms with Gasteiger partial charge in [0.05, 0.1) is 0 Å². The fraction of sp³-hybridized carbons (Fsp3) is 0.545. The summed E-state index contributed by atoms with van der Waals surface area (Å²) in [7, 11) is 0. The highest BCUT2D eigenvalue weighted by molar-refractivity contribution is 6.11. The van der Waals surface area contributed by atoms with E-state index in [4.69, 9.17) is 0 Å². The van der Waals surface area contributed by atoms with Crippen LogP contribution < -0.4 is 0 Å². The number of nitrogens with zero attached hydrogens (tertiary/aromatic N) is 2. The molecule has 0 atom stereocenters. The third kappa shape index (κ3) is 1.71. The molecule has 0 aliphatic carbocycles. The molecule has 0 bridgehead atoms. The second-order valence-corrected chi connectivity index (χ2v) is 4.57. The lowest BCUT2D eigenvalue weighted by atomic mass is 10.1. The van der Waals surface area contributed by atoms with Gasteiger partial charge in [-0.15, -0.1) is 0 Å². The Balaban J connectivity index is 2.52. The van der Waals surface area contributed by atoms with E-state index in [0.717, 1.165) is 6.92 Å². The molecule has 0 saturated carbocycles. The lowest BCUT2D eigenvalue weighted by Gasteiger charge is -2.39. The second kappa shape index (κ2) is 4.15. The Kier molecular flexibility index (Phi) is 2.88. The average Bonchev–Trinajstić information content (AvgIpc) is 2.82. The van der Waals surface area contributed by atoms with Gasteiger partial charge in [-0.3, -0.25) is 19.2 Å². The third-order valence-corrected chi connectivity index (χ3v) is 3.38. The van der Waals surface area contributed by atoms with Crippen LogP contribution in [-0.4, -0.2) is 50.2 Å². The van der Waals surface area contributed by atoms with E-state index in [1.54, 1.807) is 0 Å². The molecule has 2 saturated heterocycles. The molecule has 0 unspecified atom stereocenters. The largest absolute Gasteiger partial charge is 0.478 e. The third-order valence-electron chi connectivity index (χ3n) is 3.38. The number of amides is 4. The van der Waals surface area contributed by atoms with Gasteiger partial charge in [-0.25, -0.2) is 14.6 Å². The van der Waals surface area contributed by atoms with Crippen LogP contribution in [0.4, 0.5) is 0 Å². The molecule has 0 spiro atoms. The van der Waals surface area contributed by atoms with Gasteiger partial charge in [-0.1, -0.05) is 0 Å². The number of aliphatic carboxylic acids is 1. The molecule has 8 heteroatoms. The van der Waals surface area contributed by atoms with Crippen LogP contribution in [0.25, 0.3) is 0 Å². The minimum Gasteiger partial charge on any atom is -0.478 e. The summed E-state index contributed by atoms with van der Waals surface area (Å²) < 4.78 is 0. The summed E-state index contributed by atoms with van der Waals surface area (Å²) in [5.41, 5.74) is -2.27. The van der Waals surface area contributed by atoms with Crippen LogP contribution in [0.2, 0.25) is 0 Å². The van der Waals surface area contributed by atoms with E-state index in [1.807, 2.05) is 0 Å². The molecule has 0 aromatic rings. The van der Waals surface area contributed by atoms with Gasteiger partial charge in [0.25, 0.3) is 0 Å². The molecule has 2 aliphatic rings. The van der Waals surface area contributed by atoms with E-state index < -0.39 is 35.3 Å². The topological polar surface area (TPSA) is 112 Å². The van der Waals surface area contributed by atoms with Gasteiger partial charge in [-0.2, -0.15) is 0 Å². The molecule has 102 valence electrons. The molecule has 4 amide bonds. The summed E-state index contributed by atoms with van der Waals surface area (Å²) >= 11 is 0. The standard InChI is InChI=1S/C11H12N2O6/c1-11(10(18)19,12-6(14)2-3-7(12)15)13-8(16)4-5-9(13)17/h2-5H2,1H3,(H,18,19). The normalized spacial score (nSPS) is 20.7. The van der Waals surface area contributed by atoms with Crippen LogP contribution in [0.3, 0.4) is 0 Å². The van der Waals surface area contributed by atoms with Crippen LogP contribution >= 0.6 is 0 Å². The summed E-state index contributed by atoms with van der Waals surface area (Å²) in [5, 5.41) is 9.33. The van der Waals surface area contributed by atoms with Crippen molar-refractivity contribution in [2.45, 2.75) is 38.3 Å². The van der Waals surface area contributed by atoms with Crippen molar-refractivity contribution in [1.82, 2.24) is 9.80 Å². The van der Waals surface area contributed by atoms with Crippen molar-refractivity contribution in [3.63, 3.8) is 0 Å². The zero-order chi connectivity index (χ0) is 14.4. The number of carboxylic acids is 1. The van der Waals surface area contributed by atoms with Crippen LogP contribution in [0, 0.1) is 0 Å². The lowest BCUT2D eigenvalue weighted by molar-refractivity contribution is -0.180. The Morgan fingerprint density at radius 1 is 0.895 bits per heavy atom. The smallest absolute Gasteiger partial charge is 0.351 e. The van der Waals surface area contributed by atoms with E-state index >= 15 is 0 Å². The molecule has 19 heavy (non-hydrogen) atoms. The number of hydrogen-bond donors (Lipinski definition) is 1. The van der Waals surface area contributed by atoms with Gasteiger partial charge in [0.1, 0.15) is 0 Å². The van der Waals surface area contributed by atoms with Gasteiger partial charge in [0.2, 0.25) is 29.3 Å². The number of carboxylic acid groups (broad SMARTS) is 1. The molecule has 0 radical (unpaired) electrons. The Morgan fingerprint density at radius 2 is 1.16 bits per heavy atom. The molecule has 1 N–H and O–H groups in total. The van der Waals surface area contributed by atoms with Crippen molar-refractivity contribution >= 4 is 29.6 Å². The van der Waals surface area contributed by atoms with Crippen molar-refractivity contribution in [2.75, 3.05) is 0 Å². The zero-order valence-electron chi connectivity index (χ0n) is 10.2.